The van der Waals surface area contributed by atoms with Gasteiger partial charge >= 0.3 is 0 Å². The summed E-state index contributed by atoms with van der Waals surface area (Å²) < 4.78 is 1.66. The van der Waals surface area contributed by atoms with Gasteiger partial charge in [0.05, 0.1) is 11.4 Å². The Morgan fingerprint density at radius 1 is 1.44 bits per heavy atom. The van der Waals surface area contributed by atoms with Gasteiger partial charge in [-0.2, -0.15) is 4.68 Å². The topological polar surface area (TPSA) is 55.6 Å². The fraction of sp³-hybridized carbons (Fsp3) is 0.308. The molecule has 1 unspecified atom stereocenters. The number of nitrogens with zero attached hydrogens (tertiary/aromatic N) is 4. The van der Waals surface area contributed by atoms with Gasteiger partial charge in [-0.3, -0.25) is 0 Å². The first-order chi connectivity index (χ1) is 8.81. The molecule has 0 aliphatic carbocycles. The number of nitrogens with one attached hydrogen (secondary N) is 1. The number of hydrogen-bond donors (Lipinski definition) is 1. The summed E-state index contributed by atoms with van der Waals surface area (Å²) in [6.45, 7) is 5.89. The van der Waals surface area contributed by atoms with E-state index in [4.69, 9.17) is 0 Å². The number of para-hydroxylation sites is 2. The first-order valence-electron chi connectivity index (χ1n) is 6.01. The van der Waals surface area contributed by atoms with Crippen LogP contribution in [-0.2, 0) is 0 Å². The maximum absolute atomic E-state index is 3.92. The van der Waals surface area contributed by atoms with Crippen LogP contribution in [0.4, 0.5) is 5.69 Å². The average Bonchev–Trinajstić information content (AvgIpc) is 2.91. The summed E-state index contributed by atoms with van der Waals surface area (Å²) in [4.78, 5) is 0. The van der Waals surface area contributed by atoms with Gasteiger partial charge in [0.2, 0.25) is 0 Å². The fourth-order valence-electron chi connectivity index (χ4n) is 1.77. The first-order valence-corrected chi connectivity index (χ1v) is 6.01. The van der Waals surface area contributed by atoms with Crippen LogP contribution in [0.3, 0.4) is 0 Å². The molecule has 0 aliphatic rings. The minimum atomic E-state index is 0.376. The Labute approximate surface area is 107 Å². The molecule has 2 rings (SSSR count). The molecule has 0 saturated carbocycles. The molecule has 0 radical (unpaired) electrons. The van der Waals surface area contributed by atoms with Crippen LogP contribution in [0.25, 0.3) is 5.69 Å². The van der Waals surface area contributed by atoms with Crippen molar-refractivity contribution < 1.29 is 0 Å². The van der Waals surface area contributed by atoms with Crippen molar-refractivity contribution in [2.75, 3.05) is 5.32 Å². The summed E-state index contributed by atoms with van der Waals surface area (Å²) in [6, 6.07) is 8.36. The van der Waals surface area contributed by atoms with E-state index < -0.39 is 0 Å². The summed E-state index contributed by atoms with van der Waals surface area (Å²) >= 11 is 0. The smallest absolute Gasteiger partial charge is 0.143 e. The number of allylic oxidation sites excluding steroid dienone is 1. The summed E-state index contributed by atoms with van der Waals surface area (Å²) in [5, 5.41) is 14.7. The zero-order chi connectivity index (χ0) is 12.8. The average molecular weight is 243 g/mol. The lowest BCUT2D eigenvalue weighted by atomic mass is 10.1. The van der Waals surface area contributed by atoms with Gasteiger partial charge in [-0.15, -0.1) is 11.7 Å². The van der Waals surface area contributed by atoms with Gasteiger partial charge in [-0.1, -0.05) is 18.2 Å². The van der Waals surface area contributed by atoms with Crippen LogP contribution in [0.5, 0.6) is 0 Å². The van der Waals surface area contributed by atoms with E-state index in [1.54, 1.807) is 11.0 Å². The normalized spacial score (nSPS) is 12.1. The predicted molar refractivity (Wildman–Crippen MR) is 71.7 cm³/mol. The Morgan fingerprint density at radius 2 is 2.28 bits per heavy atom. The summed E-state index contributed by atoms with van der Waals surface area (Å²) in [7, 11) is 0. The number of anilines is 1. The highest BCUT2D eigenvalue weighted by molar-refractivity contribution is 5.60. The van der Waals surface area contributed by atoms with E-state index in [0.29, 0.717) is 6.04 Å². The van der Waals surface area contributed by atoms with Gasteiger partial charge in [0.15, 0.2) is 0 Å². The molecule has 0 fully saturated rings. The monoisotopic (exact) mass is 243 g/mol. The predicted octanol–water partition coefficient (Wildman–Crippen LogP) is 2.43. The van der Waals surface area contributed by atoms with E-state index in [2.05, 4.69) is 34.3 Å². The molecule has 0 amide bonds. The van der Waals surface area contributed by atoms with Gasteiger partial charge in [0.1, 0.15) is 6.33 Å². The minimum absolute atomic E-state index is 0.376. The first kappa shape index (κ1) is 12.3. The lowest BCUT2D eigenvalue weighted by Crippen LogP contribution is -2.16. The van der Waals surface area contributed by atoms with Gasteiger partial charge < -0.3 is 5.32 Å². The van der Waals surface area contributed by atoms with Crippen LogP contribution in [0.1, 0.15) is 19.8 Å². The number of tetrazole rings is 1. The third-order valence-electron chi connectivity index (χ3n) is 2.71. The molecule has 5 nitrogen and oxygen atoms in total. The van der Waals surface area contributed by atoms with Gasteiger partial charge in [0.25, 0.3) is 0 Å². The van der Waals surface area contributed by atoms with Crippen molar-refractivity contribution in [1.82, 2.24) is 20.2 Å². The molecular formula is C13H17N5. The molecule has 18 heavy (non-hydrogen) atoms. The Hall–Kier alpha value is -2.17. The zero-order valence-corrected chi connectivity index (χ0v) is 10.5. The zero-order valence-electron chi connectivity index (χ0n) is 10.5. The lowest BCUT2D eigenvalue weighted by Gasteiger charge is -2.17. The quantitative estimate of drug-likeness (QED) is 0.792. The van der Waals surface area contributed by atoms with E-state index in [1.165, 1.54) is 0 Å². The third kappa shape index (κ3) is 2.94. The molecule has 0 spiro atoms. The van der Waals surface area contributed by atoms with Gasteiger partial charge in [-0.25, -0.2) is 0 Å². The van der Waals surface area contributed by atoms with E-state index in [-0.39, 0.29) is 0 Å². The molecule has 1 aromatic heterocycles. The van der Waals surface area contributed by atoms with Crippen LogP contribution < -0.4 is 5.32 Å². The molecule has 5 heteroatoms. The number of hydrogen-bond acceptors (Lipinski definition) is 4. The van der Waals surface area contributed by atoms with Crippen molar-refractivity contribution in [2.24, 2.45) is 0 Å². The summed E-state index contributed by atoms with van der Waals surface area (Å²) in [5.41, 5.74) is 1.98. The molecule has 0 aliphatic heterocycles. The Kier molecular flexibility index (Phi) is 4.06. The van der Waals surface area contributed by atoms with Crippen molar-refractivity contribution in [1.29, 1.82) is 0 Å². The standard InChI is InChI=1S/C13H17N5/c1-3-4-7-11(2)15-12-8-5-6-9-13(12)18-10-14-16-17-18/h3,5-6,8-11,15H,1,4,7H2,2H3. The van der Waals surface area contributed by atoms with Crippen molar-refractivity contribution in [3.63, 3.8) is 0 Å². The highest BCUT2D eigenvalue weighted by atomic mass is 15.5. The maximum Gasteiger partial charge on any atom is 0.143 e. The molecule has 1 aromatic carbocycles. The minimum Gasteiger partial charge on any atom is -0.381 e. The second-order valence-electron chi connectivity index (χ2n) is 4.18. The highest BCUT2D eigenvalue weighted by Gasteiger charge is 2.07. The Balaban J connectivity index is 2.15. The fourth-order valence-corrected chi connectivity index (χ4v) is 1.77. The molecule has 0 saturated heterocycles. The van der Waals surface area contributed by atoms with Gasteiger partial charge in [0, 0.05) is 6.04 Å². The van der Waals surface area contributed by atoms with Crippen molar-refractivity contribution >= 4 is 5.69 Å². The van der Waals surface area contributed by atoms with Gasteiger partial charge in [-0.05, 0) is 42.3 Å². The molecule has 94 valence electrons. The Morgan fingerprint density at radius 3 is 3.00 bits per heavy atom. The molecule has 1 atom stereocenters. The lowest BCUT2D eigenvalue weighted by molar-refractivity contribution is 0.715. The van der Waals surface area contributed by atoms with Crippen molar-refractivity contribution in [3.05, 3.63) is 43.2 Å². The number of aromatic nitrogens is 4. The van der Waals surface area contributed by atoms with Crippen LogP contribution in [0, 0.1) is 0 Å². The SMILES string of the molecule is C=CCCC(C)Nc1ccccc1-n1cnnn1. The number of rotatable bonds is 6. The summed E-state index contributed by atoms with van der Waals surface area (Å²) in [5.74, 6) is 0. The second kappa shape index (κ2) is 5.95. The maximum atomic E-state index is 3.92. The second-order valence-corrected chi connectivity index (χ2v) is 4.18. The molecule has 1 N–H and O–H groups in total. The molecule has 1 heterocycles. The Bertz CT molecular complexity index is 492. The highest BCUT2D eigenvalue weighted by Crippen LogP contribution is 2.20. The van der Waals surface area contributed by atoms with E-state index in [0.717, 1.165) is 24.2 Å². The van der Waals surface area contributed by atoms with Crippen LogP contribution >= 0.6 is 0 Å². The van der Waals surface area contributed by atoms with Crippen molar-refractivity contribution in [2.45, 2.75) is 25.8 Å². The third-order valence-corrected chi connectivity index (χ3v) is 2.71. The largest absolute Gasteiger partial charge is 0.381 e. The molecule has 0 bridgehead atoms. The molecule has 2 aromatic rings. The van der Waals surface area contributed by atoms with Crippen LogP contribution in [0.2, 0.25) is 0 Å². The van der Waals surface area contributed by atoms with E-state index in [9.17, 15) is 0 Å². The van der Waals surface area contributed by atoms with Crippen LogP contribution in [0.15, 0.2) is 43.2 Å². The molecular weight excluding hydrogens is 226 g/mol. The van der Waals surface area contributed by atoms with E-state index >= 15 is 0 Å². The van der Waals surface area contributed by atoms with Crippen molar-refractivity contribution in [3.8, 4) is 5.69 Å². The van der Waals surface area contributed by atoms with Crippen LogP contribution in [-0.4, -0.2) is 26.2 Å². The van der Waals surface area contributed by atoms with E-state index in [1.807, 2.05) is 30.3 Å². The number of benzene rings is 1. The summed E-state index contributed by atoms with van der Waals surface area (Å²) in [6.07, 6.45) is 5.58.